The third kappa shape index (κ3) is 11.8. The zero-order valence-corrected chi connectivity index (χ0v) is 7.16. The van der Waals surface area contributed by atoms with Crippen molar-refractivity contribution in [1.82, 2.24) is 0 Å². The second kappa shape index (κ2) is 8.19. The average molecular weight is 176 g/mol. The van der Waals surface area contributed by atoms with Crippen molar-refractivity contribution < 1.29 is 15.0 Å². The Labute approximate surface area is 71.7 Å². The van der Waals surface area contributed by atoms with Crippen molar-refractivity contribution in [3.8, 4) is 0 Å². The third-order valence-corrected chi connectivity index (χ3v) is 0.903. The van der Waals surface area contributed by atoms with E-state index >= 15 is 0 Å². The maximum atomic E-state index is 9.82. The van der Waals surface area contributed by atoms with Gasteiger partial charge in [-0.15, -0.1) is 0 Å². The Morgan fingerprint density at radius 2 is 2.00 bits per heavy atom. The number of primary amides is 1. The third-order valence-electron chi connectivity index (χ3n) is 0.903. The minimum Gasteiger partial charge on any atom is -0.394 e. The smallest absolute Gasteiger partial charge is 0.243 e. The Balaban J connectivity index is 0. The lowest BCUT2D eigenvalue weighted by Crippen LogP contribution is -2.22. The van der Waals surface area contributed by atoms with Crippen LogP contribution in [0.25, 0.3) is 0 Å². The van der Waals surface area contributed by atoms with Gasteiger partial charge in [-0.3, -0.25) is 4.79 Å². The summed E-state index contributed by atoms with van der Waals surface area (Å²) in [5, 5.41) is 16.3. The molecule has 0 aromatic carbocycles. The number of nitrogens with two attached hydrogens (primary N) is 2. The lowest BCUT2D eigenvalue weighted by atomic mass is 10.3. The summed E-state index contributed by atoms with van der Waals surface area (Å²) in [7, 11) is 0. The molecule has 5 heteroatoms. The first-order chi connectivity index (χ1) is 5.45. The van der Waals surface area contributed by atoms with Crippen LogP contribution in [0.15, 0.2) is 12.2 Å². The van der Waals surface area contributed by atoms with Crippen LogP contribution in [0.4, 0.5) is 0 Å². The highest BCUT2D eigenvalue weighted by Gasteiger charge is 1.92. The molecule has 0 spiro atoms. The maximum Gasteiger partial charge on any atom is 0.243 e. The highest BCUT2D eigenvalue weighted by atomic mass is 16.3. The van der Waals surface area contributed by atoms with Crippen molar-refractivity contribution in [3.63, 3.8) is 0 Å². The van der Waals surface area contributed by atoms with Crippen LogP contribution in [0.3, 0.4) is 0 Å². The minimum atomic E-state index is -0.731. The van der Waals surface area contributed by atoms with Gasteiger partial charge in [0.25, 0.3) is 0 Å². The summed E-state index contributed by atoms with van der Waals surface area (Å²) in [6, 6.07) is 0. The van der Waals surface area contributed by atoms with Crippen LogP contribution in [0.1, 0.15) is 6.92 Å². The molecule has 1 atom stereocenters. The van der Waals surface area contributed by atoms with Gasteiger partial charge in [-0.2, -0.15) is 0 Å². The van der Waals surface area contributed by atoms with Gasteiger partial charge in [0.15, 0.2) is 0 Å². The molecule has 0 aromatic heterocycles. The highest BCUT2D eigenvalue weighted by molar-refractivity contribution is 5.90. The first-order valence-electron chi connectivity index (χ1n) is 3.40. The molecule has 0 saturated carbocycles. The van der Waals surface area contributed by atoms with Gasteiger partial charge in [0.2, 0.25) is 5.91 Å². The van der Waals surface area contributed by atoms with E-state index in [4.69, 9.17) is 21.7 Å². The number of aliphatic hydroxyl groups is 2. The van der Waals surface area contributed by atoms with Crippen molar-refractivity contribution in [2.24, 2.45) is 11.5 Å². The molecular weight excluding hydrogens is 160 g/mol. The molecule has 0 rings (SSSR count). The maximum absolute atomic E-state index is 9.82. The van der Waals surface area contributed by atoms with Gasteiger partial charge in [0.05, 0.1) is 12.7 Å². The van der Waals surface area contributed by atoms with E-state index in [1.807, 2.05) is 0 Å². The highest BCUT2D eigenvalue weighted by Crippen LogP contribution is 1.78. The van der Waals surface area contributed by atoms with Gasteiger partial charge in [0, 0.05) is 12.1 Å². The fourth-order valence-electron chi connectivity index (χ4n) is 0.0745. The fourth-order valence-corrected chi connectivity index (χ4v) is 0.0745. The van der Waals surface area contributed by atoms with Crippen LogP contribution < -0.4 is 11.5 Å². The molecule has 0 fully saturated rings. The molecule has 0 bridgehead atoms. The summed E-state index contributed by atoms with van der Waals surface area (Å²) in [5.41, 5.74) is 9.97. The quantitative estimate of drug-likeness (QED) is 0.386. The van der Waals surface area contributed by atoms with Crippen LogP contribution >= 0.6 is 0 Å². The molecule has 6 N–H and O–H groups in total. The molecule has 1 amide bonds. The zero-order chi connectivity index (χ0) is 10.1. The Morgan fingerprint density at radius 3 is 2.00 bits per heavy atom. The molecule has 5 nitrogen and oxygen atoms in total. The Kier molecular flexibility index (Phi) is 9.32. The first-order valence-corrected chi connectivity index (χ1v) is 3.40. The van der Waals surface area contributed by atoms with E-state index in [0.29, 0.717) is 5.57 Å². The monoisotopic (exact) mass is 176 g/mol. The average Bonchev–Trinajstić information content (AvgIpc) is 2.04. The van der Waals surface area contributed by atoms with Gasteiger partial charge in [-0.05, 0) is 6.92 Å². The SMILES string of the molecule is C=C(C)C(N)=O.NCC(O)CO. The summed E-state index contributed by atoms with van der Waals surface area (Å²) in [6.07, 6.45) is -0.731. The van der Waals surface area contributed by atoms with E-state index in [2.05, 4.69) is 6.58 Å². The number of carbonyl (C=O) groups is 1. The lowest BCUT2D eigenvalue weighted by molar-refractivity contribution is -0.114. The molecule has 0 aliphatic heterocycles. The predicted octanol–water partition coefficient (Wildman–Crippen LogP) is -1.65. The van der Waals surface area contributed by atoms with E-state index in [1.54, 1.807) is 6.92 Å². The molecule has 0 aromatic rings. The fraction of sp³-hybridized carbons (Fsp3) is 0.571. The number of aliphatic hydroxyl groups excluding tert-OH is 2. The van der Waals surface area contributed by atoms with Crippen molar-refractivity contribution in [2.75, 3.05) is 13.2 Å². The molecule has 0 saturated heterocycles. The van der Waals surface area contributed by atoms with Crippen molar-refractivity contribution in [1.29, 1.82) is 0 Å². The Hall–Kier alpha value is -0.910. The molecular formula is C7H16N2O3. The van der Waals surface area contributed by atoms with Crippen LogP contribution in [0.5, 0.6) is 0 Å². The molecule has 72 valence electrons. The summed E-state index contributed by atoms with van der Waals surface area (Å²) in [6.45, 7) is 4.75. The summed E-state index contributed by atoms with van der Waals surface area (Å²) in [5.74, 6) is -0.435. The van der Waals surface area contributed by atoms with Crippen molar-refractivity contribution in [2.45, 2.75) is 13.0 Å². The normalized spacial score (nSPS) is 11.0. The Morgan fingerprint density at radius 1 is 1.67 bits per heavy atom. The largest absolute Gasteiger partial charge is 0.394 e. The summed E-state index contributed by atoms with van der Waals surface area (Å²) < 4.78 is 0. The second-order valence-corrected chi connectivity index (χ2v) is 2.22. The van der Waals surface area contributed by atoms with Crippen LogP contribution in [0.2, 0.25) is 0 Å². The molecule has 0 heterocycles. The summed E-state index contributed by atoms with van der Waals surface area (Å²) in [4.78, 5) is 9.82. The molecule has 0 aliphatic carbocycles. The minimum absolute atomic E-state index is 0.135. The Bertz CT molecular complexity index is 132. The predicted molar refractivity (Wildman–Crippen MR) is 46.2 cm³/mol. The molecule has 0 radical (unpaired) electrons. The molecule has 1 unspecified atom stereocenters. The summed E-state index contributed by atoms with van der Waals surface area (Å²) >= 11 is 0. The van der Waals surface area contributed by atoms with E-state index in [-0.39, 0.29) is 13.2 Å². The molecule has 0 aliphatic rings. The van der Waals surface area contributed by atoms with E-state index < -0.39 is 12.0 Å². The molecule has 12 heavy (non-hydrogen) atoms. The van der Waals surface area contributed by atoms with E-state index in [1.165, 1.54) is 0 Å². The second-order valence-electron chi connectivity index (χ2n) is 2.22. The van der Waals surface area contributed by atoms with Crippen molar-refractivity contribution >= 4 is 5.91 Å². The van der Waals surface area contributed by atoms with Gasteiger partial charge < -0.3 is 21.7 Å². The number of hydrogen-bond acceptors (Lipinski definition) is 4. The standard InChI is InChI=1S/C4H7NO.C3H9NO2/c1-3(2)4(5)6;4-1-3(6)2-5/h1H2,2H3,(H2,5,6);3,5-6H,1-2,4H2. The number of amides is 1. The zero-order valence-electron chi connectivity index (χ0n) is 7.16. The first kappa shape index (κ1) is 13.7. The van der Waals surface area contributed by atoms with Gasteiger partial charge in [-0.25, -0.2) is 0 Å². The van der Waals surface area contributed by atoms with Crippen molar-refractivity contribution in [3.05, 3.63) is 12.2 Å². The van der Waals surface area contributed by atoms with Gasteiger partial charge >= 0.3 is 0 Å². The van der Waals surface area contributed by atoms with Crippen LogP contribution in [0, 0.1) is 0 Å². The topological polar surface area (TPSA) is 110 Å². The number of hydrogen-bond donors (Lipinski definition) is 4. The number of rotatable bonds is 3. The van der Waals surface area contributed by atoms with Gasteiger partial charge in [0.1, 0.15) is 0 Å². The van der Waals surface area contributed by atoms with Crippen LogP contribution in [-0.2, 0) is 4.79 Å². The lowest BCUT2D eigenvalue weighted by Gasteiger charge is -1.97. The van der Waals surface area contributed by atoms with Crippen LogP contribution in [-0.4, -0.2) is 35.4 Å². The van der Waals surface area contributed by atoms with E-state index in [0.717, 1.165) is 0 Å². The number of carbonyl (C=O) groups excluding carboxylic acids is 1. The van der Waals surface area contributed by atoms with Gasteiger partial charge in [-0.1, -0.05) is 6.58 Å². The van der Waals surface area contributed by atoms with E-state index in [9.17, 15) is 4.79 Å².